The van der Waals surface area contributed by atoms with Gasteiger partial charge in [0.2, 0.25) is 0 Å². The van der Waals surface area contributed by atoms with Crippen LogP contribution in [0.3, 0.4) is 0 Å². The van der Waals surface area contributed by atoms with E-state index in [1.165, 1.54) is 5.56 Å². The van der Waals surface area contributed by atoms with Crippen LogP contribution in [0.1, 0.15) is 31.7 Å². The first-order valence-corrected chi connectivity index (χ1v) is 9.88. The van der Waals surface area contributed by atoms with Gasteiger partial charge in [-0.15, -0.1) is 0 Å². The van der Waals surface area contributed by atoms with Gasteiger partial charge in [0.25, 0.3) is 5.91 Å². The molecule has 0 saturated carbocycles. The van der Waals surface area contributed by atoms with Crippen LogP contribution in [0.5, 0.6) is 11.5 Å². The minimum absolute atomic E-state index is 0.0906. The monoisotopic (exact) mass is 383 g/mol. The number of nitrogens with one attached hydrogen (secondary N) is 1. The Morgan fingerprint density at radius 2 is 1.82 bits per heavy atom. The van der Waals surface area contributed by atoms with Crippen molar-refractivity contribution in [1.29, 1.82) is 0 Å². The highest BCUT2D eigenvalue weighted by Gasteiger charge is 2.35. The van der Waals surface area contributed by atoms with Crippen molar-refractivity contribution in [2.75, 3.05) is 26.9 Å². The van der Waals surface area contributed by atoms with E-state index in [1.54, 1.807) is 13.2 Å². The molecular weight excluding hydrogens is 354 g/mol. The highest BCUT2D eigenvalue weighted by atomic mass is 16.5. The van der Waals surface area contributed by atoms with Gasteiger partial charge in [0.15, 0.2) is 6.10 Å². The smallest absolute Gasteiger partial charge is 0.261 e. The standard InChI is InChI=1S/C23H29NO4/c1-3-21(28-20-11-7-10-19(16-20)26-2)22(25)24-17-23(12-14-27-15-13-23)18-8-5-4-6-9-18/h4-11,16,21H,3,12-15,17H2,1-2H3,(H,24,25)/t21-/m0/s1. The maximum absolute atomic E-state index is 12.9. The Morgan fingerprint density at radius 1 is 1.11 bits per heavy atom. The minimum atomic E-state index is -0.542. The van der Waals surface area contributed by atoms with Crippen molar-refractivity contribution in [2.24, 2.45) is 0 Å². The summed E-state index contributed by atoms with van der Waals surface area (Å²) in [5.74, 6) is 1.25. The Morgan fingerprint density at radius 3 is 2.50 bits per heavy atom. The molecule has 0 bridgehead atoms. The van der Waals surface area contributed by atoms with Gasteiger partial charge in [0, 0.05) is 31.2 Å². The van der Waals surface area contributed by atoms with Gasteiger partial charge in [0.1, 0.15) is 11.5 Å². The molecule has 0 aliphatic carbocycles. The first-order valence-electron chi connectivity index (χ1n) is 9.88. The van der Waals surface area contributed by atoms with Crippen LogP contribution in [0.4, 0.5) is 0 Å². The second-order valence-electron chi connectivity index (χ2n) is 7.17. The maximum Gasteiger partial charge on any atom is 0.261 e. The second-order valence-corrected chi connectivity index (χ2v) is 7.17. The van der Waals surface area contributed by atoms with Gasteiger partial charge < -0.3 is 19.5 Å². The predicted molar refractivity (Wildman–Crippen MR) is 109 cm³/mol. The zero-order chi connectivity index (χ0) is 19.8. The summed E-state index contributed by atoms with van der Waals surface area (Å²) in [6, 6.07) is 17.7. The number of ether oxygens (including phenoxy) is 3. The number of hydrogen-bond acceptors (Lipinski definition) is 4. The fourth-order valence-electron chi connectivity index (χ4n) is 3.65. The van der Waals surface area contributed by atoms with Crippen molar-refractivity contribution in [2.45, 2.75) is 37.7 Å². The molecule has 28 heavy (non-hydrogen) atoms. The molecule has 1 N–H and O–H groups in total. The number of rotatable bonds is 8. The van der Waals surface area contributed by atoms with E-state index < -0.39 is 6.10 Å². The number of methoxy groups -OCH3 is 1. The molecule has 1 amide bonds. The molecule has 1 aliphatic heterocycles. The SMILES string of the molecule is CC[C@H](Oc1cccc(OC)c1)C(=O)NCC1(c2ccccc2)CCOCC1. The van der Waals surface area contributed by atoms with Crippen molar-refractivity contribution < 1.29 is 19.0 Å². The number of hydrogen-bond donors (Lipinski definition) is 1. The Kier molecular flexibility index (Phi) is 6.93. The molecule has 150 valence electrons. The van der Waals surface area contributed by atoms with Gasteiger partial charge in [-0.2, -0.15) is 0 Å². The normalized spacial score (nSPS) is 16.8. The maximum atomic E-state index is 12.9. The fourth-order valence-corrected chi connectivity index (χ4v) is 3.65. The van der Waals surface area contributed by atoms with Crippen LogP contribution in [0.2, 0.25) is 0 Å². The van der Waals surface area contributed by atoms with Gasteiger partial charge in [-0.3, -0.25) is 4.79 Å². The summed E-state index contributed by atoms with van der Waals surface area (Å²) >= 11 is 0. The molecule has 2 aromatic rings. The summed E-state index contributed by atoms with van der Waals surface area (Å²) < 4.78 is 16.7. The molecule has 1 fully saturated rings. The summed E-state index contributed by atoms with van der Waals surface area (Å²) in [5, 5.41) is 3.14. The first kappa shape index (κ1) is 20.2. The lowest BCUT2D eigenvalue weighted by Crippen LogP contribution is -2.48. The van der Waals surface area contributed by atoms with Crippen molar-refractivity contribution in [1.82, 2.24) is 5.32 Å². The lowest BCUT2D eigenvalue weighted by atomic mass is 9.74. The zero-order valence-electron chi connectivity index (χ0n) is 16.6. The third kappa shape index (κ3) is 4.84. The molecule has 3 rings (SSSR count). The zero-order valence-corrected chi connectivity index (χ0v) is 16.6. The molecule has 2 aromatic carbocycles. The molecule has 1 heterocycles. The molecule has 1 saturated heterocycles. The minimum Gasteiger partial charge on any atom is -0.497 e. The van der Waals surface area contributed by atoms with Crippen molar-refractivity contribution in [3.05, 3.63) is 60.2 Å². The van der Waals surface area contributed by atoms with Crippen LogP contribution in [0.25, 0.3) is 0 Å². The average molecular weight is 383 g/mol. The van der Waals surface area contributed by atoms with Crippen LogP contribution < -0.4 is 14.8 Å². The molecule has 5 heteroatoms. The molecule has 1 aliphatic rings. The molecule has 0 aromatic heterocycles. The third-order valence-corrected chi connectivity index (χ3v) is 5.42. The quantitative estimate of drug-likeness (QED) is 0.755. The Labute approximate surface area is 167 Å². The second kappa shape index (κ2) is 9.60. The Bertz CT molecular complexity index is 756. The molecule has 5 nitrogen and oxygen atoms in total. The Hall–Kier alpha value is -2.53. The van der Waals surface area contributed by atoms with Crippen LogP contribution in [0.15, 0.2) is 54.6 Å². The van der Waals surface area contributed by atoms with Crippen molar-refractivity contribution in [3.8, 4) is 11.5 Å². The molecule has 0 unspecified atom stereocenters. The number of amides is 1. The van der Waals surface area contributed by atoms with E-state index >= 15 is 0 Å². The lowest BCUT2D eigenvalue weighted by Gasteiger charge is -2.38. The van der Waals surface area contributed by atoms with Gasteiger partial charge in [-0.1, -0.05) is 43.3 Å². The number of carbonyl (C=O) groups excluding carboxylic acids is 1. The van der Waals surface area contributed by atoms with Crippen LogP contribution in [0, 0.1) is 0 Å². The predicted octanol–water partition coefficient (Wildman–Crippen LogP) is 3.72. The van der Waals surface area contributed by atoms with E-state index in [4.69, 9.17) is 14.2 Å². The van der Waals surface area contributed by atoms with Crippen molar-refractivity contribution >= 4 is 5.91 Å². The molecule has 0 radical (unpaired) electrons. The molecule has 0 spiro atoms. The molecule has 1 atom stereocenters. The third-order valence-electron chi connectivity index (χ3n) is 5.42. The van der Waals surface area contributed by atoms with Gasteiger partial charge >= 0.3 is 0 Å². The summed E-state index contributed by atoms with van der Waals surface area (Å²) in [6.45, 7) is 3.95. The first-order chi connectivity index (χ1) is 13.7. The summed E-state index contributed by atoms with van der Waals surface area (Å²) in [4.78, 5) is 12.9. The van der Waals surface area contributed by atoms with E-state index in [1.807, 2.05) is 31.2 Å². The topological polar surface area (TPSA) is 56.8 Å². The largest absolute Gasteiger partial charge is 0.497 e. The van der Waals surface area contributed by atoms with Crippen LogP contribution >= 0.6 is 0 Å². The number of carbonyl (C=O) groups is 1. The van der Waals surface area contributed by atoms with E-state index in [9.17, 15) is 4.79 Å². The average Bonchev–Trinajstić information content (AvgIpc) is 2.77. The molecular formula is C23H29NO4. The highest BCUT2D eigenvalue weighted by molar-refractivity contribution is 5.81. The van der Waals surface area contributed by atoms with E-state index in [0.717, 1.165) is 12.8 Å². The van der Waals surface area contributed by atoms with Crippen LogP contribution in [-0.2, 0) is 14.9 Å². The number of benzene rings is 2. The Balaban J connectivity index is 1.67. The fraction of sp³-hybridized carbons (Fsp3) is 0.435. The summed E-state index contributed by atoms with van der Waals surface area (Å²) in [5.41, 5.74) is 1.16. The van der Waals surface area contributed by atoms with E-state index in [-0.39, 0.29) is 11.3 Å². The van der Waals surface area contributed by atoms with E-state index in [2.05, 4.69) is 29.6 Å². The van der Waals surface area contributed by atoms with Crippen molar-refractivity contribution in [3.63, 3.8) is 0 Å². The van der Waals surface area contributed by atoms with Gasteiger partial charge in [0.05, 0.1) is 7.11 Å². The van der Waals surface area contributed by atoms with E-state index in [0.29, 0.717) is 37.7 Å². The van der Waals surface area contributed by atoms with Gasteiger partial charge in [-0.25, -0.2) is 0 Å². The highest BCUT2D eigenvalue weighted by Crippen LogP contribution is 2.34. The summed E-state index contributed by atoms with van der Waals surface area (Å²) in [7, 11) is 1.61. The van der Waals surface area contributed by atoms with Crippen LogP contribution in [-0.4, -0.2) is 38.9 Å². The lowest BCUT2D eigenvalue weighted by molar-refractivity contribution is -0.128. The van der Waals surface area contributed by atoms with Gasteiger partial charge in [-0.05, 0) is 37.0 Å². The summed E-state index contributed by atoms with van der Waals surface area (Å²) in [6.07, 6.45) is 1.83.